The Morgan fingerprint density at radius 1 is 0.698 bits per heavy atom. The molecule has 2 fully saturated rings. The van der Waals surface area contributed by atoms with Crippen LogP contribution < -0.4 is 31.4 Å². The largest absolute Gasteiger partial charge is 0.466 e. The molecule has 2 aliphatic heterocycles. The van der Waals surface area contributed by atoms with Gasteiger partial charge in [0.15, 0.2) is 5.78 Å². The monoisotopic (exact) mass is 1350 g/mol. The van der Waals surface area contributed by atoms with Crippen molar-refractivity contribution in [2.45, 2.75) is 71.5 Å². The van der Waals surface area contributed by atoms with Gasteiger partial charge in [0.05, 0.1) is 37.3 Å². The number of nitro groups is 2. The average molecular weight is 1350 g/mol. The molecule has 0 spiro atoms. The SMILES string of the molecule is CCOC(=O)CCCc1ccc(-c2cccc(CN3CCCC3)c2)cc1.COCCOc1nc(N)c([N+](=O)[O-])c(=O)[nH]1.COCCOc1nc(N)c([N+](=O)[O-])c(N(CC(=O)COC)Cc2ccc(-c3cccc(CN4CCCC4)c3)cc2)n1.Cl.[2H]I.[2H]S. The predicted molar refractivity (Wildman–Crippen MR) is 347 cm³/mol. The molecule has 0 bridgehead atoms. The Balaban J connectivity index is 0.000000367. The minimum Gasteiger partial charge on any atom is -0.466 e. The van der Waals surface area contributed by atoms with Crippen molar-refractivity contribution >= 4 is 90.2 Å². The van der Waals surface area contributed by atoms with E-state index in [0.29, 0.717) is 19.6 Å². The fourth-order valence-electron chi connectivity index (χ4n) is 9.32. The first kappa shape index (κ1) is 69.7. The number of carbonyl (C=O) groups excluding carboxylic acids is 2. The number of nitrogen functional groups attached to an aromatic ring is 2. The number of rotatable bonds is 28. The van der Waals surface area contributed by atoms with Crippen molar-refractivity contribution in [3.05, 3.63) is 150 Å². The maximum Gasteiger partial charge on any atom is 0.375 e. The summed E-state index contributed by atoms with van der Waals surface area (Å²) in [5, 5.41) is 22.4. The third-order valence-corrected chi connectivity index (χ3v) is 13.3. The van der Waals surface area contributed by atoms with Crippen LogP contribution in [0.5, 0.6) is 12.0 Å². The number of likely N-dealkylation sites (tertiary alicyclic amines) is 2. The lowest BCUT2D eigenvalue weighted by Crippen LogP contribution is -2.33. The van der Waals surface area contributed by atoms with Crippen LogP contribution in [0.4, 0.5) is 28.8 Å². The zero-order valence-electron chi connectivity index (χ0n) is 50.9. The standard InChI is InChI=1S/C29H36N6O6.C23H29NO2.C7H10N4O5.ClH.HI.H2S/c1-39-14-15-41-29-31-27(30)26(35(37)38)28(32-29)34(19-25(36)20-40-2)18-21-8-10-23(11-9-21)24-7-5-6-22(16-24)17-33-12-3-4-13-33;1-2-26-23(25)10-6-7-19-11-13-21(14-12-19)22-9-5-8-20(17-22)18-24-15-3-4-16-24;1-15-2-3-16-7-9-5(8)4(11(13)14)6(12)10-7;;;/h5-11,16H,3-4,12-15,17-20H2,1-2H3,(H2,30,31,32);5,8-9,11-14,17H,2-4,6-7,10,15-16,18H2,1H3;2-3H2,1H3,(H3,8,9,10,12);2*1H;1H2/i/hD2. The predicted octanol–water partition coefficient (Wildman–Crippen LogP) is 8.75. The Morgan fingerprint density at radius 3 is 1.70 bits per heavy atom. The van der Waals surface area contributed by atoms with Crippen molar-refractivity contribution in [3.63, 3.8) is 0 Å². The average Bonchev–Trinajstić information content (AvgIpc) is 4.34. The molecule has 8 rings (SSSR count). The molecule has 0 aliphatic carbocycles. The number of aromatic amines is 1. The lowest BCUT2D eigenvalue weighted by molar-refractivity contribution is -0.385. The van der Waals surface area contributed by atoms with Gasteiger partial charge in [-0.1, -0.05) is 84.9 Å². The number of nitrogens with two attached hydrogens (primary N) is 2. The number of nitrogens with one attached hydrogen (secondary N) is 1. The van der Waals surface area contributed by atoms with Gasteiger partial charge in [0.25, 0.3) is 6.01 Å². The molecular weight excluding hydrogens is 1270 g/mol. The summed E-state index contributed by atoms with van der Waals surface area (Å²) >= 11 is 4.18. The number of benzene rings is 4. The third-order valence-electron chi connectivity index (χ3n) is 13.3. The normalized spacial score (nSPS) is 12.8. The molecule has 4 heterocycles. The van der Waals surface area contributed by atoms with Gasteiger partial charge in [-0.05, 0) is 128 Å². The van der Waals surface area contributed by atoms with E-state index in [9.17, 15) is 34.6 Å². The second-order valence-corrected chi connectivity index (χ2v) is 19.6. The molecule has 2 aliphatic rings. The molecule has 468 valence electrons. The molecule has 6 aromatic rings. The fraction of sp³-hybridized carbons (Fsp3) is 0.424. The highest BCUT2D eigenvalue weighted by Crippen LogP contribution is 2.34. The van der Waals surface area contributed by atoms with Crippen LogP contribution in [0.1, 0.15) is 67.7 Å². The number of aryl methyl sites for hydroxylation is 1. The Bertz CT molecular complexity index is 3140. The summed E-state index contributed by atoms with van der Waals surface area (Å²) in [4.78, 5) is 76.4. The highest BCUT2D eigenvalue weighted by molar-refractivity contribution is 14.0. The van der Waals surface area contributed by atoms with E-state index in [1.54, 1.807) is 0 Å². The minimum atomic E-state index is -0.954. The molecule has 2 aromatic heterocycles. The first-order chi connectivity index (χ1) is 42.2. The van der Waals surface area contributed by atoms with Crippen LogP contribution in [0.25, 0.3) is 22.3 Å². The molecule has 86 heavy (non-hydrogen) atoms. The van der Waals surface area contributed by atoms with Crippen LogP contribution >= 0.6 is 49.6 Å². The van der Waals surface area contributed by atoms with Crippen molar-refractivity contribution in [2.75, 3.05) is 110 Å². The van der Waals surface area contributed by atoms with Gasteiger partial charge in [0.1, 0.15) is 20.4 Å². The summed E-state index contributed by atoms with van der Waals surface area (Å²) in [5.74, 6) is -1.34. The summed E-state index contributed by atoms with van der Waals surface area (Å²) in [7, 11) is 4.40. The number of ether oxygens (including phenoxy) is 6. The number of halogens is 2. The molecule has 2 saturated heterocycles. The van der Waals surface area contributed by atoms with E-state index in [1.807, 2.05) is 31.2 Å². The highest BCUT2D eigenvalue weighted by atomic mass is 127. The Morgan fingerprint density at radius 2 is 1.21 bits per heavy atom. The van der Waals surface area contributed by atoms with E-state index in [2.05, 4.69) is 116 Å². The number of ketones is 1. The van der Waals surface area contributed by atoms with Crippen molar-refractivity contribution in [1.29, 1.82) is 1.72 Å². The van der Waals surface area contributed by atoms with Gasteiger partial charge in [-0.3, -0.25) is 49.4 Å². The maximum atomic E-state index is 12.6. The number of H-pyrrole nitrogens is 1. The third kappa shape index (κ3) is 23.7. The van der Waals surface area contributed by atoms with Gasteiger partial charge in [-0.2, -0.15) is 28.4 Å². The molecule has 0 unspecified atom stereocenters. The van der Waals surface area contributed by atoms with Gasteiger partial charge in [0.2, 0.25) is 17.5 Å². The number of anilines is 3. The van der Waals surface area contributed by atoms with Gasteiger partial charge in [-0.25, -0.2) is 0 Å². The van der Waals surface area contributed by atoms with E-state index in [1.165, 1.54) is 117 Å². The lowest BCUT2D eigenvalue weighted by atomic mass is 10.00. The van der Waals surface area contributed by atoms with Gasteiger partial charge < -0.3 is 44.8 Å². The maximum absolute atomic E-state index is 12.6. The first-order valence-electron chi connectivity index (χ1n) is 28.3. The number of carbonyl (C=O) groups is 2. The second-order valence-electron chi connectivity index (χ2n) is 19.6. The second kappa shape index (κ2) is 38.9. The molecular formula is C59H79ClIN11O13S. The van der Waals surface area contributed by atoms with Gasteiger partial charge >= 0.3 is 28.9 Å². The van der Waals surface area contributed by atoms with Crippen molar-refractivity contribution in [2.24, 2.45) is 0 Å². The number of Topliss-reactive ketones (excluding diaryl/α,β-unsaturated/α-hetero) is 1. The van der Waals surface area contributed by atoms with E-state index in [4.69, 9.17) is 41.6 Å². The van der Waals surface area contributed by atoms with Crippen LogP contribution in [0, 0.1) is 20.2 Å². The van der Waals surface area contributed by atoms with Crippen LogP contribution in [-0.2, 0) is 54.6 Å². The molecule has 0 saturated carbocycles. The zero-order valence-corrected chi connectivity index (χ0v) is 52.7. The molecule has 4 aromatic carbocycles. The lowest BCUT2D eigenvalue weighted by Gasteiger charge is -2.23. The summed E-state index contributed by atoms with van der Waals surface area (Å²) in [6.45, 7) is 9.66. The Hall–Kier alpha value is -7.05. The summed E-state index contributed by atoms with van der Waals surface area (Å²) < 4.78 is 41.2. The van der Waals surface area contributed by atoms with E-state index >= 15 is 0 Å². The van der Waals surface area contributed by atoms with Crippen molar-refractivity contribution < 1.29 is 47.9 Å². The summed E-state index contributed by atoms with van der Waals surface area (Å²) in [6, 6.07) is 33.7. The minimum absolute atomic E-state index is 0. The molecule has 27 heteroatoms. The quantitative estimate of drug-likeness (QED) is 0.0136. The molecule has 0 atom stereocenters. The number of hydrogen-bond acceptors (Lipinski definition) is 21. The molecule has 0 radical (unpaired) electrons. The Kier molecular flexibility index (Phi) is 31.5. The number of methoxy groups -OCH3 is 3. The fourth-order valence-corrected chi connectivity index (χ4v) is 9.32. The number of esters is 1. The number of hydrogen-bond donors (Lipinski definition) is 3. The van der Waals surface area contributed by atoms with Crippen LogP contribution in [0.2, 0.25) is 0 Å². The van der Waals surface area contributed by atoms with Crippen molar-refractivity contribution in [1.82, 2.24) is 29.7 Å². The van der Waals surface area contributed by atoms with E-state index < -0.39 is 32.6 Å². The van der Waals surface area contributed by atoms with E-state index in [-0.39, 0.29) is 87.3 Å². The smallest absolute Gasteiger partial charge is 0.375 e. The molecule has 0 amide bonds. The molecule has 5 N–H and O–H groups in total. The topological polar surface area (TPSA) is 309 Å². The van der Waals surface area contributed by atoms with Crippen molar-refractivity contribution in [3.8, 4) is 34.3 Å². The van der Waals surface area contributed by atoms with Gasteiger partial charge in [0, 0.05) is 47.4 Å². The van der Waals surface area contributed by atoms with Gasteiger partial charge in [-0.15, -0.1) is 36.2 Å². The van der Waals surface area contributed by atoms with Crippen LogP contribution in [0.3, 0.4) is 0 Å². The summed E-state index contributed by atoms with van der Waals surface area (Å²) in [5.41, 5.74) is 18.4. The Labute approximate surface area is 532 Å². The molecule has 24 nitrogen and oxygen atoms in total. The highest BCUT2D eigenvalue weighted by Gasteiger charge is 2.30. The summed E-state index contributed by atoms with van der Waals surface area (Å²) in [6.07, 6.45) is 7.41. The van der Waals surface area contributed by atoms with E-state index in [0.717, 1.165) is 55.7 Å². The zero-order chi connectivity index (χ0) is 63.5. The number of nitrogens with zero attached hydrogens (tertiary/aromatic N) is 8. The van der Waals surface area contributed by atoms with Crippen LogP contribution in [-0.4, -0.2) is 147 Å². The first-order valence-corrected chi connectivity index (χ1v) is 27.5. The number of aromatic nitrogens is 4. The van der Waals surface area contributed by atoms with Crippen LogP contribution in [0.15, 0.2) is 102 Å².